The van der Waals surface area contributed by atoms with Crippen LogP contribution in [0, 0.1) is 13.8 Å². The van der Waals surface area contributed by atoms with E-state index in [1.54, 1.807) is 6.07 Å². The van der Waals surface area contributed by atoms with Crippen LogP contribution in [-0.4, -0.2) is 43.2 Å². The third-order valence-electron chi connectivity index (χ3n) is 5.36. The van der Waals surface area contributed by atoms with Gasteiger partial charge in [-0.15, -0.1) is 0 Å². The fourth-order valence-electron chi connectivity index (χ4n) is 3.63. The van der Waals surface area contributed by atoms with Crippen molar-refractivity contribution >= 4 is 17.3 Å². The quantitative estimate of drug-likeness (QED) is 0.784. The Labute approximate surface area is 155 Å². The van der Waals surface area contributed by atoms with Gasteiger partial charge in [0.1, 0.15) is 5.75 Å². The van der Waals surface area contributed by atoms with Gasteiger partial charge in [-0.2, -0.15) is 0 Å². The number of aromatic hydroxyl groups is 1. The predicted octanol–water partition coefficient (Wildman–Crippen LogP) is 1.74. The number of para-hydroxylation sites is 3. The molecule has 1 aliphatic rings. The number of amides is 1. The lowest BCUT2D eigenvalue weighted by atomic mass is 10.1. The summed E-state index contributed by atoms with van der Waals surface area (Å²) in [6.45, 7) is 9.43. The second kappa shape index (κ2) is 7.79. The van der Waals surface area contributed by atoms with Crippen LogP contribution in [0.25, 0.3) is 0 Å². The van der Waals surface area contributed by atoms with Gasteiger partial charge < -0.3 is 20.2 Å². The van der Waals surface area contributed by atoms with Gasteiger partial charge in [-0.3, -0.25) is 4.79 Å². The van der Waals surface area contributed by atoms with Gasteiger partial charge >= 0.3 is 0 Å². The molecule has 138 valence electrons. The summed E-state index contributed by atoms with van der Waals surface area (Å²) in [7, 11) is 0. The number of rotatable bonds is 4. The molecule has 0 spiro atoms. The zero-order valence-electron chi connectivity index (χ0n) is 15.7. The zero-order chi connectivity index (χ0) is 18.7. The second-order valence-electron chi connectivity index (χ2n) is 7.11. The van der Waals surface area contributed by atoms with Gasteiger partial charge in [-0.05, 0) is 44.0 Å². The number of carbonyl (C=O) groups excluding carboxylic acids is 1. The molecule has 1 atom stereocenters. The maximum absolute atomic E-state index is 12.7. The number of piperazine rings is 1. The van der Waals surface area contributed by atoms with Crippen molar-refractivity contribution in [3.63, 3.8) is 0 Å². The van der Waals surface area contributed by atoms with Gasteiger partial charge in [-0.25, -0.2) is 0 Å². The highest BCUT2D eigenvalue weighted by molar-refractivity contribution is 5.95. The molecule has 3 N–H and O–H groups in total. The fraction of sp³-hybridized carbons (Fsp3) is 0.381. The number of carbonyl (C=O) groups is 1. The van der Waals surface area contributed by atoms with Gasteiger partial charge in [0.15, 0.2) is 6.04 Å². The van der Waals surface area contributed by atoms with E-state index in [2.05, 4.69) is 10.2 Å². The van der Waals surface area contributed by atoms with Crippen LogP contribution in [0.15, 0.2) is 42.5 Å². The van der Waals surface area contributed by atoms with Gasteiger partial charge in [0.05, 0.1) is 31.9 Å². The second-order valence-corrected chi connectivity index (χ2v) is 7.11. The third kappa shape index (κ3) is 3.83. The minimum Gasteiger partial charge on any atom is -0.506 e. The molecular weight excluding hydrogens is 326 g/mol. The Morgan fingerprint density at radius 3 is 2.31 bits per heavy atom. The lowest BCUT2D eigenvalue weighted by Crippen LogP contribution is -3.19. The molecule has 0 bridgehead atoms. The van der Waals surface area contributed by atoms with E-state index in [1.807, 2.05) is 57.2 Å². The van der Waals surface area contributed by atoms with Crippen molar-refractivity contribution in [2.24, 2.45) is 0 Å². The average molecular weight is 354 g/mol. The molecule has 0 aromatic heterocycles. The number of benzene rings is 2. The van der Waals surface area contributed by atoms with Gasteiger partial charge in [-0.1, -0.05) is 30.3 Å². The van der Waals surface area contributed by atoms with Crippen molar-refractivity contribution in [1.29, 1.82) is 0 Å². The van der Waals surface area contributed by atoms with E-state index in [9.17, 15) is 9.90 Å². The summed E-state index contributed by atoms with van der Waals surface area (Å²) in [4.78, 5) is 16.2. The number of hydrogen-bond acceptors (Lipinski definition) is 3. The average Bonchev–Trinajstić information content (AvgIpc) is 2.65. The Morgan fingerprint density at radius 2 is 1.69 bits per heavy atom. The van der Waals surface area contributed by atoms with Crippen LogP contribution < -0.4 is 15.1 Å². The normalized spacial score (nSPS) is 16.3. The molecule has 1 fully saturated rings. The Kier molecular flexibility index (Phi) is 5.47. The summed E-state index contributed by atoms with van der Waals surface area (Å²) in [5, 5.41) is 13.1. The first-order valence-electron chi connectivity index (χ1n) is 9.22. The number of anilines is 2. The van der Waals surface area contributed by atoms with Crippen LogP contribution in [0.2, 0.25) is 0 Å². The molecule has 2 aromatic carbocycles. The first kappa shape index (κ1) is 18.3. The van der Waals surface area contributed by atoms with Gasteiger partial charge in [0.2, 0.25) is 0 Å². The van der Waals surface area contributed by atoms with E-state index in [4.69, 9.17) is 0 Å². The van der Waals surface area contributed by atoms with E-state index in [0.717, 1.165) is 48.7 Å². The molecular formula is C21H28N3O2+. The number of phenols is 1. The molecule has 0 saturated carbocycles. The molecule has 1 aliphatic heterocycles. The van der Waals surface area contributed by atoms with Crippen molar-refractivity contribution in [2.45, 2.75) is 26.8 Å². The molecule has 2 aromatic rings. The van der Waals surface area contributed by atoms with Crippen LogP contribution >= 0.6 is 0 Å². The highest BCUT2D eigenvalue weighted by atomic mass is 16.3. The van der Waals surface area contributed by atoms with Crippen molar-refractivity contribution in [2.75, 3.05) is 36.4 Å². The minimum atomic E-state index is -0.111. The molecule has 1 amide bonds. The Balaban J connectivity index is 1.60. The van der Waals surface area contributed by atoms with Crippen molar-refractivity contribution in [3.8, 4) is 5.75 Å². The van der Waals surface area contributed by atoms with Gasteiger partial charge in [0, 0.05) is 5.69 Å². The van der Waals surface area contributed by atoms with E-state index in [0.29, 0.717) is 5.75 Å². The molecule has 1 heterocycles. The standard InChI is InChI=1S/C21H27N3O2/c1-15-7-6-8-16(2)20(15)22-21(26)17(3)23-11-13-24(14-12-23)18-9-4-5-10-19(18)25/h4-10,17,25H,11-14H2,1-3H3,(H,22,26)/p+1/t17-/m0/s1. The number of phenolic OH excluding ortho intramolecular Hbond substituents is 1. The van der Waals surface area contributed by atoms with E-state index < -0.39 is 0 Å². The van der Waals surface area contributed by atoms with Crippen molar-refractivity contribution in [3.05, 3.63) is 53.6 Å². The Bertz CT molecular complexity index is 762. The smallest absolute Gasteiger partial charge is 0.282 e. The summed E-state index contributed by atoms with van der Waals surface area (Å²) in [5.41, 5.74) is 3.98. The highest BCUT2D eigenvalue weighted by Crippen LogP contribution is 2.26. The maximum Gasteiger partial charge on any atom is 0.282 e. The zero-order valence-corrected chi connectivity index (χ0v) is 15.7. The molecule has 0 unspecified atom stereocenters. The number of hydrogen-bond donors (Lipinski definition) is 3. The summed E-state index contributed by atoms with van der Waals surface area (Å²) in [6.07, 6.45) is 0. The first-order chi connectivity index (χ1) is 12.5. The molecule has 3 rings (SSSR count). The third-order valence-corrected chi connectivity index (χ3v) is 5.36. The Hall–Kier alpha value is -2.53. The molecule has 5 heteroatoms. The fourth-order valence-corrected chi connectivity index (χ4v) is 3.63. The van der Waals surface area contributed by atoms with Crippen LogP contribution in [0.3, 0.4) is 0 Å². The molecule has 0 aliphatic carbocycles. The Morgan fingerprint density at radius 1 is 1.08 bits per heavy atom. The van der Waals surface area contributed by atoms with E-state index in [1.165, 1.54) is 4.90 Å². The van der Waals surface area contributed by atoms with E-state index >= 15 is 0 Å². The molecule has 5 nitrogen and oxygen atoms in total. The summed E-state index contributed by atoms with van der Waals surface area (Å²) < 4.78 is 0. The molecule has 0 radical (unpaired) electrons. The van der Waals surface area contributed by atoms with Crippen molar-refractivity contribution in [1.82, 2.24) is 0 Å². The van der Waals surface area contributed by atoms with Gasteiger partial charge in [0.25, 0.3) is 5.91 Å². The van der Waals surface area contributed by atoms with Crippen LogP contribution in [0.4, 0.5) is 11.4 Å². The van der Waals surface area contributed by atoms with E-state index in [-0.39, 0.29) is 11.9 Å². The predicted molar refractivity (Wildman–Crippen MR) is 105 cm³/mol. The largest absolute Gasteiger partial charge is 0.506 e. The van der Waals surface area contributed by atoms with Crippen LogP contribution in [-0.2, 0) is 4.79 Å². The number of nitrogens with one attached hydrogen (secondary N) is 2. The minimum absolute atomic E-state index is 0.0633. The monoisotopic (exact) mass is 354 g/mol. The summed E-state index contributed by atoms with van der Waals surface area (Å²) in [5.74, 6) is 0.380. The summed E-state index contributed by atoms with van der Waals surface area (Å²) >= 11 is 0. The lowest BCUT2D eigenvalue weighted by molar-refractivity contribution is -0.914. The lowest BCUT2D eigenvalue weighted by Gasteiger charge is -2.36. The molecule has 1 saturated heterocycles. The summed E-state index contributed by atoms with van der Waals surface area (Å²) in [6, 6.07) is 13.4. The highest BCUT2D eigenvalue weighted by Gasteiger charge is 2.30. The maximum atomic E-state index is 12.7. The first-order valence-corrected chi connectivity index (χ1v) is 9.22. The number of aryl methyl sites for hydroxylation is 2. The molecule has 26 heavy (non-hydrogen) atoms. The van der Waals surface area contributed by atoms with Crippen LogP contribution in [0.5, 0.6) is 5.75 Å². The van der Waals surface area contributed by atoms with Crippen molar-refractivity contribution < 1.29 is 14.8 Å². The number of quaternary nitrogens is 1. The van der Waals surface area contributed by atoms with Crippen LogP contribution in [0.1, 0.15) is 18.1 Å². The topological polar surface area (TPSA) is 57.0 Å². The number of nitrogens with zero attached hydrogens (tertiary/aromatic N) is 1. The SMILES string of the molecule is Cc1cccc(C)c1NC(=O)[C@H](C)[NH+]1CCN(c2ccccc2O)CC1.